The number of hydrogen-bond acceptors (Lipinski definition) is 3. The number of nitrogens with one attached hydrogen (secondary N) is 1. The van der Waals surface area contributed by atoms with Crippen LogP contribution in [0.3, 0.4) is 0 Å². The van der Waals surface area contributed by atoms with Crippen molar-refractivity contribution in [3.05, 3.63) is 27.7 Å². The predicted octanol–water partition coefficient (Wildman–Crippen LogP) is 3.00. The minimum Gasteiger partial charge on any atom is -0.462 e. The Morgan fingerprint density at radius 2 is 2.24 bits per heavy atom. The standard InChI is InChI=1S/C12H13BrN2O2/c1-3-17-12(16)10-9-6(2)4-7(13)5-8(9)15-11(10)14/h4-5,15H,3,14H2,1-2H3. The minimum atomic E-state index is -0.387. The number of nitrogens with two attached hydrogens (primary N) is 1. The Kier molecular flexibility index (Phi) is 3.11. The molecule has 0 fully saturated rings. The van der Waals surface area contributed by atoms with E-state index in [1.54, 1.807) is 6.92 Å². The molecule has 0 amide bonds. The van der Waals surface area contributed by atoms with Crippen LogP contribution in [0.4, 0.5) is 5.82 Å². The van der Waals surface area contributed by atoms with E-state index in [1.165, 1.54) is 0 Å². The summed E-state index contributed by atoms with van der Waals surface area (Å²) in [6.45, 7) is 4.04. The molecule has 0 radical (unpaired) electrons. The van der Waals surface area contributed by atoms with Crippen molar-refractivity contribution in [2.45, 2.75) is 13.8 Å². The second kappa shape index (κ2) is 4.41. The maximum atomic E-state index is 11.8. The molecular formula is C12H13BrN2O2. The lowest BCUT2D eigenvalue weighted by Crippen LogP contribution is -2.07. The Morgan fingerprint density at radius 1 is 1.53 bits per heavy atom. The lowest BCUT2D eigenvalue weighted by atomic mass is 10.1. The van der Waals surface area contributed by atoms with E-state index in [1.807, 2.05) is 19.1 Å². The topological polar surface area (TPSA) is 68.1 Å². The van der Waals surface area contributed by atoms with E-state index in [4.69, 9.17) is 10.5 Å². The van der Waals surface area contributed by atoms with Crippen molar-refractivity contribution in [2.24, 2.45) is 0 Å². The van der Waals surface area contributed by atoms with Crippen molar-refractivity contribution in [2.75, 3.05) is 12.3 Å². The molecule has 0 spiro atoms. The first-order valence-electron chi connectivity index (χ1n) is 5.29. The summed E-state index contributed by atoms with van der Waals surface area (Å²) in [5.74, 6) is -0.0404. The van der Waals surface area contributed by atoms with E-state index in [9.17, 15) is 4.79 Å². The molecular weight excluding hydrogens is 284 g/mol. The van der Waals surface area contributed by atoms with Gasteiger partial charge in [0.15, 0.2) is 0 Å². The van der Waals surface area contributed by atoms with Gasteiger partial charge in [-0.15, -0.1) is 0 Å². The zero-order chi connectivity index (χ0) is 12.6. The van der Waals surface area contributed by atoms with Gasteiger partial charge in [0.1, 0.15) is 11.4 Å². The molecule has 0 aliphatic rings. The van der Waals surface area contributed by atoms with Crippen molar-refractivity contribution < 1.29 is 9.53 Å². The number of aryl methyl sites for hydroxylation is 1. The molecule has 0 saturated heterocycles. The maximum absolute atomic E-state index is 11.8. The fourth-order valence-corrected chi connectivity index (χ4v) is 2.50. The number of carbonyl (C=O) groups excluding carboxylic acids is 1. The van der Waals surface area contributed by atoms with Gasteiger partial charge in [-0.25, -0.2) is 4.79 Å². The van der Waals surface area contributed by atoms with Crippen molar-refractivity contribution in [1.82, 2.24) is 4.98 Å². The number of benzene rings is 1. The molecule has 1 aromatic heterocycles. The number of aromatic nitrogens is 1. The van der Waals surface area contributed by atoms with Gasteiger partial charge < -0.3 is 15.5 Å². The van der Waals surface area contributed by atoms with E-state index in [2.05, 4.69) is 20.9 Å². The van der Waals surface area contributed by atoms with Gasteiger partial charge in [0.05, 0.1) is 6.61 Å². The van der Waals surface area contributed by atoms with E-state index < -0.39 is 0 Å². The van der Waals surface area contributed by atoms with Gasteiger partial charge in [-0.3, -0.25) is 0 Å². The zero-order valence-electron chi connectivity index (χ0n) is 9.63. The van der Waals surface area contributed by atoms with E-state index in [0.29, 0.717) is 18.0 Å². The van der Waals surface area contributed by atoms with Gasteiger partial charge in [0, 0.05) is 15.4 Å². The second-order valence-corrected chi connectivity index (χ2v) is 4.70. The molecule has 3 N–H and O–H groups in total. The van der Waals surface area contributed by atoms with Gasteiger partial charge >= 0.3 is 5.97 Å². The number of halogens is 1. The van der Waals surface area contributed by atoms with Crippen LogP contribution in [0, 0.1) is 6.92 Å². The highest BCUT2D eigenvalue weighted by Gasteiger charge is 2.19. The van der Waals surface area contributed by atoms with Gasteiger partial charge in [0.25, 0.3) is 0 Å². The molecule has 1 heterocycles. The third-order valence-electron chi connectivity index (χ3n) is 2.57. The van der Waals surface area contributed by atoms with Crippen LogP contribution in [0.15, 0.2) is 16.6 Å². The number of carbonyl (C=O) groups is 1. The Labute approximate surface area is 107 Å². The Morgan fingerprint density at radius 3 is 2.88 bits per heavy atom. The number of nitrogen functional groups attached to an aromatic ring is 1. The van der Waals surface area contributed by atoms with Crippen LogP contribution < -0.4 is 5.73 Å². The number of anilines is 1. The number of ether oxygens (including phenoxy) is 1. The molecule has 17 heavy (non-hydrogen) atoms. The largest absolute Gasteiger partial charge is 0.462 e. The van der Waals surface area contributed by atoms with E-state index >= 15 is 0 Å². The quantitative estimate of drug-likeness (QED) is 0.837. The lowest BCUT2D eigenvalue weighted by Gasteiger charge is -2.03. The molecule has 4 nitrogen and oxygen atoms in total. The number of esters is 1. The molecule has 0 saturated carbocycles. The highest BCUT2D eigenvalue weighted by molar-refractivity contribution is 9.10. The van der Waals surface area contributed by atoms with Crippen LogP contribution in [0.5, 0.6) is 0 Å². The monoisotopic (exact) mass is 296 g/mol. The van der Waals surface area contributed by atoms with Crippen molar-refractivity contribution in [3.8, 4) is 0 Å². The summed E-state index contributed by atoms with van der Waals surface area (Å²) in [5.41, 5.74) is 8.06. The molecule has 0 aliphatic carbocycles. The van der Waals surface area contributed by atoms with Crippen molar-refractivity contribution in [3.63, 3.8) is 0 Å². The molecule has 2 aromatic rings. The fraction of sp³-hybridized carbons (Fsp3) is 0.250. The van der Waals surface area contributed by atoms with Crippen LogP contribution in [0.1, 0.15) is 22.8 Å². The van der Waals surface area contributed by atoms with Crippen LogP contribution in [0.2, 0.25) is 0 Å². The minimum absolute atomic E-state index is 0.334. The average Bonchev–Trinajstić information content (AvgIpc) is 2.54. The van der Waals surface area contributed by atoms with Gasteiger partial charge in [0.2, 0.25) is 0 Å². The molecule has 90 valence electrons. The summed E-state index contributed by atoms with van der Waals surface area (Å²) >= 11 is 3.41. The summed E-state index contributed by atoms with van der Waals surface area (Å²) < 4.78 is 5.95. The van der Waals surface area contributed by atoms with Crippen LogP contribution in [-0.4, -0.2) is 17.6 Å². The number of H-pyrrole nitrogens is 1. The molecule has 0 unspecified atom stereocenters. The van der Waals surface area contributed by atoms with Crippen LogP contribution >= 0.6 is 15.9 Å². The van der Waals surface area contributed by atoms with Gasteiger partial charge in [-0.05, 0) is 31.5 Å². The average molecular weight is 297 g/mol. The molecule has 0 aliphatic heterocycles. The molecule has 0 atom stereocenters. The summed E-state index contributed by atoms with van der Waals surface area (Å²) in [4.78, 5) is 14.8. The number of fused-ring (bicyclic) bond motifs is 1. The van der Waals surface area contributed by atoms with Gasteiger partial charge in [-0.2, -0.15) is 0 Å². The summed E-state index contributed by atoms with van der Waals surface area (Å²) in [6.07, 6.45) is 0. The SMILES string of the molecule is CCOC(=O)c1c(N)[nH]c2cc(Br)cc(C)c12. The van der Waals surface area contributed by atoms with E-state index in [0.717, 1.165) is 20.9 Å². The molecule has 2 rings (SSSR count). The number of aromatic amines is 1. The second-order valence-electron chi connectivity index (χ2n) is 3.78. The Hall–Kier alpha value is -1.49. The summed E-state index contributed by atoms with van der Waals surface area (Å²) in [5, 5.41) is 0.823. The van der Waals surface area contributed by atoms with Crippen molar-refractivity contribution >= 4 is 38.6 Å². The Bertz CT molecular complexity index is 590. The summed E-state index contributed by atoms with van der Waals surface area (Å²) in [6, 6.07) is 3.83. The van der Waals surface area contributed by atoms with Gasteiger partial charge in [-0.1, -0.05) is 15.9 Å². The third-order valence-corrected chi connectivity index (χ3v) is 3.03. The fourth-order valence-electron chi connectivity index (χ4n) is 1.93. The van der Waals surface area contributed by atoms with E-state index in [-0.39, 0.29) is 5.97 Å². The maximum Gasteiger partial charge on any atom is 0.342 e. The first kappa shape index (κ1) is 12.0. The molecule has 1 aromatic carbocycles. The van der Waals surface area contributed by atoms with Crippen LogP contribution in [0.25, 0.3) is 10.9 Å². The number of rotatable bonds is 2. The van der Waals surface area contributed by atoms with Crippen molar-refractivity contribution in [1.29, 1.82) is 0 Å². The van der Waals surface area contributed by atoms with Crippen LogP contribution in [-0.2, 0) is 4.74 Å². The smallest absolute Gasteiger partial charge is 0.342 e. The highest BCUT2D eigenvalue weighted by atomic mass is 79.9. The zero-order valence-corrected chi connectivity index (χ0v) is 11.2. The number of hydrogen-bond donors (Lipinski definition) is 2. The normalized spacial score (nSPS) is 10.8. The predicted molar refractivity (Wildman–Crippen MR) is 71.1 cm³/mol. The Balaban J connectivity index is 2.71. The lowest BCUT2D eigenvalue weighted by molar-refractivity contribution is 0.0530. The first-order valence-corrected chi connectivity index (χ1v) is 6.08. The summed E-state index contributed by atoms with van der Waals surface area (Å²) in [7, 11) is 0. The third kappa shape index (κ3) is 2.02. The molecule has 0 bridgehead atoms. The highest BCUT2D eigenvalue weighted by Crippen LogP contribution is 2.30. The first-order chi connectivity index (χ1) is 8.04. The molecule has 5 heteroatoms.